The van der Waals surface area contributed by atoms with Crippen molar-refractivity contribution in [1.82, 2.24) is 0 Å². The fourth-order valence-electron chi connectivity index (χ4n) is 5.70. The molecule has 0 radical (unpaired) electrons. The van der Waals surface area contributed by atoms with E-state index in [-0.39, 0.29) is 0 Å². The van der Waals surface area contributed by atoms with Crippen LogP contribution in [0.2, 0.25) is 0 Å². The number of benzene rings is 1. The molecule has 1 atom stereocenters. The van der Waals surface area contributed by atoms with E-state index >= 15 is 0 Å². The van der Waals surface area contributed by atoms with E-state index in [1.165, 1.54) is 44.2 Å². The van der Waals surface area contributed by atoms with Crippen molar-refractivity contribution in [1.29, 1.82) is 0 Å². The summed E-state index contributed by atoms with van der Waals surface area (Å²) in [6, 6.07) is 3.59. The molecule has 1 unspecified atom stereocenters. The van der Waals surface area contributed by atoms with Gasteiger partial charge in [-0.3, -0.25) is 0 Å². The van der Waals surface area contributed by atoms with Crippen molar-refractivity contribution in [2.45, 2.75) is 44.6 Å². The van der Waals surface area contributed by atoms with Crippen LogP contribution in [0, 0.1) is 41.2 Å². The molecule has 1 aromatic carbocycles. The standard InChI is InChI=1S/C18H22F2O/c19-15-6-12(7-16(20)9-15)8-17(21)18-13-2-10-1-11(4-13)5-14(18)3-10/h6-7,9-11,13-14,17-18,21H,1-5,8H2. The largest absolute Gasteiger partial charge is 0.392 e. The van der Waals surface area contributed by atoms with Gasteiger partial charge in [0.15, 0.2) is 0 Å². The van der Waals surface area contributed by atoms with Crippen LogP contribution >= 0.6 is 0 Å². The van der Waals surface area contributed by atoms with Gasteiger partial charge in [-0.25, -0.2) is 8.78 Å². The Hall–Kier alpha value is -0.960. The number of hydrogen-bond donors (Lipinski definition) is 1. The second kappa shape index (κ2) is 5.05. The number of aliphatic hydroxyl groups excluding tert-OH is 1. The van der Waals surface area contributed by atoms with Crippen LogP contribution < -0.4 is 0 Å². The zero-order chi connectivity index (χ0) is 14.6. The van der Waals surface area contributed by atoms with E-state index in [9.17, 15) is 13.9 Å². The molecule has 0 heterocycles. The highest BCUT2D eigenvalue weighted by molar-refractivity contribution is 5.19. The van der Waals surface area contributed by atoms with Gasteiger partial charge in [-0.15, -0.1) is 0 Å². The number of aliphatic hydroxyl groups is 1. The first-order chi connectivity index (χ1) is 10.1. The van der Waals surface area contributed by atoms with E-state index in [1.807, 2.05) is 0 Å². The minimum Gasteiger partial charge on any atom is -0.392 e. The third kappa shape index (κ3) is 2.50. The lowest BCUT2D eigenvalue weighted by Gasteiger charge is -2.55. The Bertz CT molecular complexity index is 494. The highest BCUT2D eigenvalue weighted by Gasteiger charge is 2.50. The lowest BCUT2D eigenvalue weighted by Crippen LogP contribution is -2.49. The lowest BCUT2D eigenvalue weighted by molar-refractivity contribution is -0.0887. The third-order valence-corrected chi connectivity index (χ3v) is 6.11. The van der Waals surface area contributed by atoms with Crippen molar-refractivity contribution >= 4 is 0 Å². The molecule has 0 aromatic heterocycles. The molecule has 0 amide bonds. The molecule has 0 aliphatic heterocycles. The van der Waals surface area contributed by atoms with Crippen LogP contribution in [-0.2, 0) is 6.42 Å². The Morgan fingerprint density at radius 1 is 0.905 bits per heavy atom. The van der Waals surface area contributed by atoms with Crippen LogP contribution in [0.5, 0.6) is 0 Å². The predicted octanol–water partition coefficient (Wildman–Crippen LogP) is 3.94. The van der Waals surface area contributed by atoms with Crippen molar-refractivity contribution in [2.75, 3.05) is 0 Å². The second-order valence-electron chi connectivity index (χ2n) is 7.56. The number of rotatable bonds is 3. The summed E-state index contributed by atoms with van der Waals surface area (Å²) in [7, 11) is 0. The van der Waals surface area contributed by atoms with E-state index in [1.54, 1.807) is 0 Å². The van der Waals surface area contributed by atoms with E-state index in [2.05, 4.69) is 0 Å². The Labute approximate surface area is 124 Å². The lowest BCUT2D eigenvalue weighted by atomic mass is 9.50. The molecule has 0 saturated heterocycles. The molecule has 1 N–H and O–H groups in total. The molecule has 4 aliphatic rings. The monoisotopic (exact) mass is 292 g/mol. The maximum Gasteiger partial charge on any atom is 0.126 e. The summed E-state index contributed by atoms with van der Waals surface area (Å²) in [6.07, 6.45) is 6.34. The quantitative estimate of drug-likeness (QED) is 0.894. The molecule has 3 heteroatoms. The van der Waals surface area contributed by atoms with Gasteiger partial charge in [0, 0.05) is 6.07 Å². The molecular formula is C18H22F2O. The molecule has 114 valence electrons. The Morgan fingerprint density at radius 3 is 1.95 bits per heavy atom. The molecular weight excluding hydrogens is 270 g/mol. The van der Waals surface area contributed by atoms with Gasteiger partial charge in [0.2, 0.25) is 0 Å². The summed E-state index contributed by atoms with van der Waals surface area (Å²) in [5.41, 5.74) is 0.578. The topological polar surface area (TPSA) is 20.2 Å². The zero-order valence-corrected chi connectivity index (χ0v) is 12.1. The summed E-state index contributed by atoms with van der Waals surface area (Å²) in [5, 5.41) is 10.7. The minimum absolute atomic E-state index is 0.337. The molecule has 1 aromatic rings. The van der Waals surface area contributed by atoms with Gasteiger partial charge in [0.1, 0.15) is 11.6 Å². The molecule has 0 spiro atoms. The fourth-order valence-corrected chi connectivity index (χ4v) is 5.70. The average Bonchev–Trinajstić information content (AvgIpc) is 2.35. The molecule has 4 fully saturated rings. The van der Waals surface area contributed by atoms with Crippen molar-refractivity contribution in [2.24, 2.45) is 29.6 Å². The highest BCUT2D eigenvalue weighted by Crippen LogP contribution is 2.57. The van der Waals surface area contributed by atoms with E-state index < -0.39 is 17.7 Å². The summed E-state index contributed by atoms with van der Waals surface area (Å²) in [4.78, 5) is 0. The van der Waals surface area contributed by atoms with Crippen LogP contribution in [0.15, 0.2) is 18.2 Å². The van der Waals surface area contributed by atoms with Gasteiger partial charge in [0.05, 0.1) is 6.10 Å². The van der Waals surface area contributed by atoms with Crippen LogP contribution in [0.1, 0.15) is 37.7 Å². The third-order valence-electron chi connectivity index (χ3n) is 6.11. The molecule has 4 saturated carbocycles. The van der Waals surface area contributed by atoms with Crippen molar-refractivity contribution in [3.05, 3.63) is 35.4 Å². The minimum atomic E-state index is -0.553. The molecule has 4 aliphatic carbocycles. The van der Waals surface area contributed by atoms with E-state index in [0.29, 0.717) is 29.7 Å². The maximum absolute atomic E-state index is 13.3. The van der Waals surface area contributed by atoms with Crippen LogP contribution in [0.3, 0.4) is 0 Å². The van der Waals surface area contributed by atoms with Crippen LogP contribution in [-0.4, -0.2) is 11.2 Å². The van der Waals surface area contributed by atoms with Crippen LogP contribution in [0.25, 0.3) is 0 Å². The smallest absolute Gasteiger partial charge is 0.126 e. The second-order valence-corrected chi connectivity index (χ2v) is 7.56. The van der Waals surface area contributed by atoms with Gasteiger partial charge < -0.3 is 5.11 Å². The predicted molar refractivity (Wildman–Crippen MR) is 76.6 cm³/mol. The fraction of sp³-hybridized carbons (Fsp3) is 0.667. The molecule has 5 rings (SSSR count). The number of hydrogen-bond acceptors (Lipinski definition) is 1. The first-order valence-corrected chi connectivity index (χ1v) is 8.21. The van der Waals surface area contributed by atoms with Crippen molar-refractivity contribution < 1.29 is 13.9 Å². The van der Waals surface area contributed by atoms with Crippen LogP contribution in [0.4, 0.5) is 8.78 Å². The molecule has 1 nitrogen and oxygen atoms in total. The zero-order valence-electron chi connectivity index (χ0n) is 12.1. The Balaban J connectivity index is 1.51. The summed E-state index contributed by atoms with van der Waals surface area (Å²) in [6.45, 7) is 0. The summed E-state index contributed by atoms with van der Waals surface area (Å²) in [5.74, 6) is 2.25. The Kier molecular flexibility index (Phi) is 3.29. The maximum atomic E-state index is 13.3. The van der Waals surface area contributed by atoms with Gasteiger partial charge in [0.25, 0.3) is 0 Å². The number of halogens is 2. The van der Waals surface area contributed by atoms with Gasteiger partial charge in [-0.2, -0.15) is 0 Å². The van der Waals surface area contributed by atoms with Gasteiger partial charge in [-0.1, -0.05) is 0 Å². The summed E-state index contributed by atoms with van der Waals surface area (Å²) < 4.78 is 26.6. The highest BCUT2D eigenvalue weighted by atomic mass is 19.1. The molecule has 4 bridgehead atoms. The Morgan fingerprint density at radius 2 is 1.43 bits per heavy atom. The first-order valence-electron chi connectivity index (χ1n) is 8.21. The summed E-state index contributed by atoms with van der Waals surface area (Å²) >= 11 is 0. The van der Waals surface area contributed by atoms with Crippen molar-refractivity contribution in [3.8, 4) is 0 Å². The van der Waals surface area contributed by atoms with Crippen molar-refractivity contribution in [3.63, 3.8) is 0 Å². The average molecular weight is 292 g/mol. The van der Waals surface area contributed by atoms with Gasteiger partial charge in [-0.05, 0) is 85.8 Å². The normalized spacial score (nSPS) is 38.7. The molecule has 21 heavy (non-hydrogen) atoms. The SMILES string of the molecule is OC(Cc1cc(F)cc(F)c1)C1C2CC3CC(C2)CC1C3. The first kappa shape index (κ1) is 13.7. The van der Waals surface area contributed by atoms with E-state index in [4.69, 9.17) is 0 Å². The van der Waals surface area contributed by atoms with E-state index in [0.717, 1.165) is 17.9 Å². The van der Waals surface area contributed by atoms with Gasteiger partial charge >= 0.3 is 0 Å².